The first kappa shape index (κ1) is 16.1. The van der Waals surface area contributed by atoms with Crippen molar-refractivity contribution in [3.8, 4) is 0 Å². The topological polar surface area (TPSA) is 98.5 Å². The van der Waals surface area contributed by atoms with Crippen LogP contribution >= 0.6 is 15.9 Å². The number of halogens is 1. The van der Waals surface area contributed by atoms with E-state index in [-0.39, 0.29) is 18.7 Å². The Morgan fingerprint density at radius 3 is 2.70 bits per heavy atom. The number of rotatable bonds is 6. The van der Waals surface area contributed by atoms with Gasteiger partial charge in [-0.1, -0.05) is 6.92 Å². The summed E-state index contributed by atoms with van der Waals surface area (Å²) in [6.45, 7) is 1.44. The Balaban J connectivity index is 2.58. The minimum Gasteiger partial charge on any atom is -0.456 e. The summed E-state index contributed by atoms with van der Waals surface area (Å²) in [4.78, 5) is 32.7. The van der Waals surface area contributed by atoms with E-state index in [2.05, 4.69) is 21.2 Å². The summed E-state index contributed by atoms with van der Waals surface area (Å²) in [6, 6.07) is 3.94. The molecule has 0 aliphatic heterocycles. The first-order valence-corrected chi connectivity index (χ1v) is 6.62. The van der Waals surface area contributed by atoms with Crippen LogP contribution in [0.4, 0.5) is 11.4 Å². The van der Waals surface area contributed by atoms with Crippen LogP contribution in [0.2, 0.25) is 0 Å². The molecule has 0 radical (unpaired) electrons. The monoisotopic (exact) mass is 344 g/mol. The number of nitrogens with one attached hydrogen (secondary N) is 1. The molecule has 0 bridgehead atoms. The molecule has 1 amide bonds. The van der Waals surface area contributed by atoms with Crippen molar-refractivity contribution in [1.82, 2.24) is 0 Å². The smallest absolute Gasteiger partial charge is 0.306 e. The average Bonchev–Trinajstić information content (AvgIpc) is 2.39. The Bertz CT molecular complexity index is 533. The number of nitrogens with zero attached hydrogens (tertiary/aromatic N) is 1. The number of nitro benzene ring substituents is 1. The number of hydrogen-bond donors (Lipinski definition) is 1. The highest BCUT2D eigenvalue weighted by atomic mass is 79.9. The number of carbonyl (C=O) groups is 2. The van der Waals surface area contributed by atoms with Gasteiger partial charge in [0.25, 0.3) is 11.6 Å². The van der Waals surface area contributed by atoms with Crippen LogP contribution in [0.1, 0.15) is 19.8 Å². The Labute approximate surface area is 123 Å². The largest absolute Gasteiger partial charge is 0.456 e. The van der Waals surface area contributed by atoms with Gasteiger partial charge in [0.05, 0.1) is 10.6 Å². The lowest BCUT2D eigenvalue weighted by atomic mass is 10.3. The predicted octanol–water partition coefficient (Wildman–Crippen LogP) is 2.64. The molecule has 8 heteroatoms. The van der Waals surface area contributed by atoms with Crippen LogP contribution in [-0.2, 0) is 14.3 Å². The second kappa shape index (κ2) is 7.59. The van der Waals surface area contributed by atoms with Gasteiger partial charge < -0.3 is 10.1 Å². The standard InChI is InChI=1S/C12H13BrN2O5/c1-2-3-12(17)20-7-11(16)14-10-5-4-8(15(18)19)6-9(10)13/h4-6H,2-3,7H2,1H3,(H,14,16). The molecule has 1 N–H and O–H groups in total. The molecule has 7 nitrogen and oxygen atoms in total. The van der Waals surface area contributed by atoms with Crippen LogP contribution in [0.5, 0.6) is 0 Å². The van der Waals surface area contributed by atoms with E-state index in [4.69, 9.17) is 4.74 Å². The van der Waals surface area contributed by atoms with E-state index in [9.17, 15) is 19.7 Å². The molecule has 0 unspecified atom stereocenters. The van der Waals surface area contributed by atoms with Crippen molar-refractivity contribution in [2.45, 2.75) is 19.8 Å². The molecule has 1 rings (SSSR count). The van der Waals surface area contributed by atoms with Gasteiger partial charge in [0.2, 0.25) is 0 Å². The lowest BCUT2D eigenvalue weighted by molar-refractivity contribution is -0.384. The molecule has 0 aliphatic rings. The van der Waals surface area contributed by atoms with Gasteiger partial charge >= 0.3 is 5.97 Å². The van der Waals surface area contributed by atoms with Gasteiger partial charge in [-0.15, -0.1) is 0 Å². The summed E-state index contributed by atoms with van der Waals surface area (Å²) in [6.07, 6.45) is 0.906. The fourth-order valence-corrected chi connectivity index (χ4v) is 1.79. The Hall–Kier alpha value is -1.96. The molecule has 20 heavy (non-hydrogen) atoms. The van der Waals surface area contributed by atoms with E-state index >= 15 is 0 Å². The number of nitro groups is 1. The number of anilines is 1. The van der Waals surface area contributed by atoms with Crippen LogP contribution in [-0.4, -0.2) is 23.4 Å². The predicted molar refractivity (Wildman–Crippen MR) is 75.3 cm³/mol. The summed E-state index contributed by atoms with van der Waals surface area (Å²) in [5, 5.41) is 13.1. The summed E-state index contributed by atoms with van der Waals surface area (Å²) in [7, 11) is 0. The van der Waals surface area contributed by atoms with E-state index in [1.807, 2.05) is 6.92 Å². The lowest BCUT2D eigenvalue weighted by Gasteiger charge is -2.07. The first-order chi connectivity index (χ1) is 9.43. The van der Waals surface area contributed by atoms with Crippen molar-refractivity contribution < 1.29 is 19.2 Å². The van der Waals surface area contributed by atoms with Crippen LogP contribution in [0.15, 0.2) is 22.7 Å². The summed E-state index contributed by atoms with van der Waals surface area (Å²) in [5.41, 5.74) is 0.274. The fraction of sp³-hybridized carbons (Fsp3) is 0.333. The normalized spacial score (nSPS) is 9.90. The highest BCUT2D eigenvalue weighted by Crippen LogP contribution is 2.26. The van der Waals surface area contributed by atoms with Crippen molar-refractivity contribution in [1.29, 1.82) is 0 Å². The number of amides is 1. The van der Waals surface area contributed by atoms with E-state index < -0.39 is 16.8 Å². The van der Waals surface area contributed by atoms with Crippen molar-refractivity contribution in [3.63, 3.8) is 0 Å². The van der Waals surface area contributed by atoms with Crippen LogP contribution in [0.25, 0.3) is 0 Å². The van der Waals surface area contributed by atoms with Gasteiger partial charge in [-0.3, -0.25) is 19.7 Å². The zero-order valence-corrected chi connectivity index (χ0v) is 12.3. The lowest BCUT2D eigenvalue weighted by Crippen LogP contribution is -2.20. The number of ether oxygens (including phenoxy) is 1. The van der Waals surface area contributed by atoms with E-state index in [1.54, 1.807) is 0 Å². The molecule has 0 aliphatic carbocycles. The maximum absolute atomic E-state index is 11.5. The molecule has 0 saturated carbocycles. The third-order valence-electron chi connectivity index (χ3n) is 2.26. The van der Waals surface area contributed by atoms with Crippen molar-refractivity contribution in [3.05, 3.63) is 32.8 Å². The SMILES string of the molecule is CCCC(=O)OCC(=O)Nc1ccc([N+](=O)[O-])cc1Br. The first-order valence-electron chi connectivity index (χ1n) is 5.83. The maximum Gasteiger partial charge on any atom is 0.306 e. The average molecular weight is 345 g/mol. The fourth-order valence-electron chi connectivity index (χ4n) is 1.33. The van der Waals surface area contributed by atoms with Crippen molar-refractivity contribution in [2.75, 3.05) is 11.9 Å². The quantitative estimate of drug-likeness (QED) is 0.485. The number of non-ortho nitro benzene ring substituents is 1. The van der Waals surface area contributed by atoms with E-state index in [0.29, 0.717) is 16.6 Å². The molecule has 0 saturated heterocycles. The number of hydrogen-bond acceptors (Lipinski definition) is 5. The summed E-state index contributed by atoms with van der Waals surface area (Å²) >= 11 is 3.12. The zero-order valence-electron chi connectivity index (χ0n) is 10.7. The van der Waals surface area contributed by atoms with Gasteiger partial charge in [-0.25, -0.2) is 0 Å². The Morgan fingerprint density at radius 1 is 1.45 bits per heavy atom. The summed E-state index contributed by atoms with van der Waals surface area (Å²) in [5.74, 6) is -0.950. The minimum absolute atomic E-state index is 0.0933. The van der Waals surface area contributed by atoms with Crippen molar-refractivity contribution >= 4 is 39.2 Å². The molecule has 0 atom stereocenters. The van der Waals surface area contributed by atoms with Crippen molar-refractivity contribution in [2.24, 2.45) is 0 Å². The summed E-state index contributed by atoms with van der Waals surface area (Å²) < 4.78 is 5.12. The molecule has 0 aromatic heterocycles. The van der Waals surface area contributed by atoms with Crippen LogP contribution < -0.4 is 5.32 Å². The van der Waals surface area contributed by atoms with E-state index in [1.165, 1.54) is 18.2 Å². The number of esters is 1. The molecule has 0 heterocycles. The maximum atomic E-state index is 11.5. The number of benzene rings is 1. The molecule has 0 fully saturated rings. The molecular weight excluding hydrogens is 332 g/mol. The molecule has 1 aromatic rings. The Kier molecular flexibility index (Phi) is 6.10. The highest BCUT2D eigenvalue weighted by Gasteiger charge is 2.12. The van der Waals surface area contributed by atoms with Crippen LogP contribution in [0.3, 0.4) is 0 Å². The molecule has 1 aromatic carbocycles. The highest BCUT2D eigenvalue weighted by molar-refractivity contribution is 9.10. The zero-order chi connectivity index (χ0) is 15.1. The van der Waals surface area contributed by atoms with Gasteiger partial charge in [0, 0.05) is 23.0 Å². The molecule has 0 spiro atoms. The van der Waals surface area contributed by atoms with E-state index in [0.717, 1.165) is 0 Å². The second-order valence-corrected chi connectivity index (χ2v) is 4.73. The van der Waals surface area contributed by atoms with Gasteiger partial charge in [0.15, 0.2) is 6.61 Å². The van der Waals surface area contributed by atoms with Gasteiger partial charge in [0.1, 0.15) is 0 Å². The number of carbonyl (C=O) groups excluding carboxylic acids is 2. The van der Waals surface area contributed by atoms with Gasteiger partial charge in [-0.2, -0.15) is 0 Å². The third kappa shape index (κ3) is 4.96. The molecule has 108 valence electrons. The van der Waals surface area contributed by atoms with Crippen LogP contribution in [0, 0.1) is 10.1 Å². The Morgan fingerprint density at radius 2 is 2.15 bits per heavy atom. The molecular formula is C12H13BrN2O5. The third-order valence-corrected chi connectivity index (χ3v) is 2.91. The second-order valence-electron chi connectivity index (χ2n) is 3.88. The minimum atomic E-state index is -0.539. The van der Waals surface area contributed by atoms with Gasteiger partial charge in [-0.05, 0) is 28.4 Å².